The average molecular weight is 324 g/mol. The van der Waals surface area contributed by atoms with Crippen molar-refractivity contribution in [1.29, 1.82) is 0 Å². The van der Waals surface area contributed by atoms with Gasteiger partial charge < -0.3 is 5.32 Å². The second-order valence-electron chi connectivity index (χ2n) is 5.35. The second-order valence-corrected chi connectivity index (χ2v) is 7.50. The highest BCUT2D eigenvalue weighted by Crippen LogP contribution is 2.18. The van der Waals surface area contributed by atoms with Crippen molar-refractivity contribution < 1.29 is 13.2 Å². The molecule has 1 atom stereocenters. The van der Waals surface area contributed by atoms with Gasteiger partial charge in [-0.05, 0) is 38.0 Å². The lowest BCUT2D eigenvalue weighted by atomic mass is 10.1. The Bertz CT molecular complexity index is 646. The van der Waals surface area contributed by atoms with Crippen LogP contribution in [-0.4, -0.2) is 32.7 Å². The van der Waals surface area contributed by atoms with Crippen molar-refractivity contribution in [1.82, 2.24) is 9.62 Å². The summed E-state index contributed by atoms with van der Waals surface area (Å²) in [7, 11) is -0.436. The zero-order valence-electron chi connectivity index (χ0n) is 13.8. The van der Waals surface area contributed by atoms with E-state index in [1.807, 2.05) is 19.9 Å². The van der Waals surface area contributed by atoms with Gasteiger partial charge in [0.25, 0.3) is 0 Å². The molecule has 1 rings (SSSR count). The SMILES string of the molecule is CC/C=C(/C)C(=O)N[C@H](C)c1ccc(S(=O)(=O)N(C)C)cc1. The van der Waals surface area contributed by atoms with Gasteiger partial charge in [0.2, 0.25) is 15.9 Å². The Morgan fingerprint density at radius 1 is 1.27 bits per heavy atom. The zero-order chi connectivity index (χ0) is 16.9. The van der Waals surface area contributed by atoms with E-state index in [9.17, 15) is 13.2 Å². The third kappa shape index (κ3) is 4.42. The Morgan fingerprint density at radius 2 is 1.82 bits per heavy atom. The van der Waals surface area contributed by atoms with Gasteiger partial charge in [0.15, 0.2) is 0 Å². The van der Waals surface area contributed by atoms with E-state index in [0.717, 1.165) is 12.0 Å². The molecular weight excluding hydrogens is 300 g/mol. The summed E-state index contributed by atoms with van der Waals surface area (Å²) in [4.78, 5) is 12.2. The number of nitrogens with one attached hydrogen (secondary N) is 1. The second kappa shape index (κ2) is 7.56. The first-order valence-electron chi connectivity index (χ1n) is 7.20. The summed E-state index contributed by atoms with van der Waals surface area (Å²) in [6.45, 7) is 5.62. The van der Waals surface area contributed by atoms with Crippen molar-refractivity contribution in [3.05, 3.63) is 41.5 Å². The van der Waals surface area contributed by atoms with E-state index >= 15 is 0 Å². The molecule has 5 nitrogen and oxygen atoms in total. The highest BCUT2D eigenvalue weighted by molar-refractivity contribution is 7.89. The van der Waals surface area contributed by atoms with Crippen LogP contribution in [0.3, 0.4) is 0 Å². The van der Waals surface area contributed by atoms with Crippen LogP contribution in [-0.2, 0) is 14.8 Å². The highest BCUT2D eigenvalue weighted by atomic mass is 32.2. The quantitative estimate of drug-likeness (QED) is 0.818. The van der Waals surface area contributed by atoms with Crippen molar-refractivity contribution in [2.75, 3.05) is 14.1 Å². The van der Waals surface area contributed by atoms with Gasteiger partial charge in [0.1, 0.15) is 0 Å². The maximum Gasteiger partial charge on any atom is 0.247 e. The van der Waals surface area contributed by atoms with E-state index in [1.54, 1.807) is 31.2 Å². The monoisotopic (exact) mass is 324 g/mol. The van der Waals surface area contributed by atoms with Gasteiger partial charge in [-0.1, -0.05) is 25.1 Å². The smallest absolute Gasteiger partial charge is 0.247 e. The number of benzene rings is 1. The topological polar surface area (TPSA) is 66.5 Å². The number of hydrogen-bond donors (Lipinski definition) is 1. The summed E-state index contributed by atoms with van der Waals surface area (Å²) < 4.78 is 25.2. The van der Waals surface area contributed by atoms with Gasteiger partial charge in [0.05, 0.1) is 10.9 Å². The number of rotatable bonds is 6. The molecular formula is C16H24N2O3S. The fourth-order valence-electron chi connectivity index (χ4n) is 1.93. The first-order valence-corrected chi connectivity index (χ1v) is 8.64. The zero-order valence-corrected chi connectivity index (χ0v) is 14.6. The van der Waals surface area contributed by atoms with Crippen LogP contribution in [0.25, 0.3) is 0 Å². The molecule has 0 heterocycles. The van der Waals surface area contributed by atoms with Gasteiger partial charge in [-0.2, -0.15) is 0 Å². The van der Waals surface area contributed by atoms with Crippen molar-refractivity contribution in [2.45, 2.75) is 38.1 Å². The number of allylic oxidation sites excluding steroid dienone is 1. The highest BCUT2D eigenvalue weighted by Gasteiger charge is 2.17. The molecule has 1 N–H and O–H groups in total. The number of sulfonamides is 1. The van der Waals surface area contributed by atoms with Crippen LogP contribution in [0.4, 0.5) is 0 Å². The summed E-state index contributed by atoms with van der Waals surface area (Å²) in [6, 6.07) is 6.37. The van der Waals surface area contributed by atoms with Crippen molar-refractivity contribution in [3.63, 3.8) is 0 Å². The van der Waals surface area contributed by atoms with E-state index in [2.05, 4.69) is 5.32 Å². The van der Waals surface area contributed by atoms with E-state index in [4.69, 9.17) is 0 Å². The van der Waals surface area contributed by atoms with Crippen LogP contribution in [0.5, 0.6) is 0 Å². The molecule has 1 aromatic carbocycles. The molecule has 122 valence electrons. The summed E-state index contributed by atoms with van der Waals surface area (Å²) in [6.07, 6.45) is 2.68. The summed E-state index contributed by atoms with van der Waals surface area (Å²) >= 11 is 0. The largest absolute Gasteiger partial charge is 0.346 e. The summed E-state index contributed by atoms with van der Waals surface area (Å²) in [5.74, 6) is -0.112. The minimum absolute atomic E-state index is 0.112. The Kier molecular flexibility index (Phi) is 6.32. The van der Waals surface area contributed by atoms with Crippen molar-refractivity contribution in [3.8, 4) is 0 Å². The first-order chi connectivity index (χ1) is 10.2. The minimum Gasteiger partial charge on any atom is -0.346 e. The molecule has 6 heteroatoms. The molecule has 0 aliphatic heterocycles. The van der Waals surface area contributed by atoms with E-state index in [1.165, 1.54) is 18.4 Å². The minimum atomic E-state index is -3.43. The van der Waals surface area contributed by atoms with Crippen LogP contribution < -0.4 is 5.32 Å². The fraction of sp³-hybridized carbons (Fsp3) is 0.438. The standard InChI is InChI=1S/C16H24N2O3S/c1-6-7-12(2)16(19)17-13(3)14-8-10-15(11-9-14)22(20,21)18(4)5/h7-11,13H,6H2,1-5H3,(H,17,19)/b12-7-/t13-/m1/s1. The molecule has 0 saturated heterocycles. The number of amides is 1. The van der Waals surface area contributed by atoms with Gasteiger partial charge in [-0.25, -0.2) is 12.7 Å². The van der Waals surface area contributed by atoms with Crippen molar-refractivity contribution >= 4 is 15.9 Å². The van der Waals surface area contributed by atoms with Gasteiger partial charge in [0, 0.05) is 19.7 Å². The predicted octanol–water partition coefficient (Wildman–Crippen LogP) is 2.47. The van der Waals surface area contributed by atoms with Gasteiger partial charge >= 0.3 is 0 Å². The number of nitrogens with zero attached hydrogens (tertiary/aromatic N) is 1. The van der Waals surface area contributed by atoms with Crippen LogP contribution in [0.1, 0.15) is 38.8 Å². The summed E-state index contributed by atoms with van der Waals surface area (Å²) in [5, 5.41) is 2.89. The molecule has 0 unspecified atom stereocenters. The third-order valence-electron chi connectivity index (χ3n) is 3.37. The maximum atomic E-state index is 12.0. The molecule has 0 fully saturated rings. The molecule has 0 saturated carbocycles. The Hall–Kier alpha value is -1.66. The maximum absolute atomic E-state index is 12.0. The van der Waals surface area contributed by atoms with Gasteiger partial charge in [-0.3, -0.25) is 4.79 Å². The lowest BCUT2D eigenvalue weighted by Crippen LogP contribution is -2.27. The third-order valence-corrected chi connectivity index (χ3v) is 5.20. The van der Waals surface area contributed by atoms with Gasteiger partial charge in [-0.15, -0.1) is 0 Å². The van der Waals surface area contributed by atoms with E-state index < -0.39 is 10.0 Å². The molecule has 1 aromatic rings. The van der Waals surface area contributed by atoms with E-state index in [-0.39, 0.29) is 16.8 Å². The first kappa shape index (κ1) is 18.4. The normalized spacial score (nSPS) is 14.0. The summed E-state index contributed by atoms with van der Waals surface area (Å²) in [5.41, 5.74) is 1.54. The molecule has 0 aliphatic carbocycles. The lowest BCUT2D eigenvalue weighted by molar-refractivity contribution is -0.118. The molecule has 0 radical (unpaired) electrons. The predicted molar refractivity (Wildman–Crippen MR) is 87.9 cm³/mol. The number of carbonyl (C=O) groups is 1. The lowest BCUT2D eigenvalue weighted by Gasteiger charge is -2.16. The van der Waals surface area contributed by atoms with E-state index in [0.29, 0.717) is 5.57 Å². The van der Waals surface area contributed by atoms with Crippen LogP contribution in [0.15, 0.2) is 40.8 Å². The Balaban J connectivity index is 2.87. The van der Waals surface area contributed by atoms with Crippen LogP contribution in [0.2, 0.25) is 0 Å². The molecule has 0 bridgehead atoms. The molecule has 0 spiro atoms. The Morgan fingerprint density at radius 3 is 2.27 bits per heavy atom. The average Bonchev–Trinajstić information content (AvgIpc) is 2.47. The molecule has 0 aliphatic rings. The molecule has 22 heavy (non-hydrogen) atoms. The van der Waals surface area contributed by atoms with Crippen LogP contribution in [0, 0.1) is 0 Å². The molecule has 0 aromatic heterocycles. The number of hydrogen-bond acceptors (Lipinski definition) is 3. The van der Waals surface area contributed by atoms with Crippen molar-refractivity contribution in [2.24, 2.45) is 0 Å². The van der Waals surface area contributed by atoms with Crippen LogP contribution >= 0.6 is 0 Å². The molecule has 1 amide bonds. The fourth-order valence-corrected chi connectivity index (χ4v) is 2.83. The number of carbonyl (C=O) groups excluding carboxylic acids is 1. The Labute approximate surface area is 133 Å².